The Morgan fingerprint density at radius 3 is 2.50 bits per heavy atom. The normalized spacial score (nSPS) is 10.7. The summed E-state index contributed by atoms with van der Waals surface area (Å²) in [5.41, 5.74) is 4.40. The van der Waals surface area contributed by atoms with Gasteiger partial charge >= 0.3 is 0 Å². The molecule has 1 heterocycles. The lowest BCUT2D eigenvalue weighted by Crippen LogP contribution is -2.05. The lowest BCUT2D eigenvalue weighted by atomic mass is 10.1. The summed E-state index contributed by atoms with van der Waals surface area (Å²) in [7, 11) is 0. The first-order valence-corrected chi connectivity index (χ1v) is 5.43. The van der Waals surface area contributed by atoms with Crippen molar-refractivity contribution in [3.63, 3.8) is 0 Å². The second-order valence-corrected chi connectivity index (χ2v) is 3.98. The summed E-state index contributed by atoms with van der Waals surface area (Å²) in [6.45, 7) is 4.74. The molecule has 0 saturated carbocycles. The third-order valence-electron chi connectivity index (χ3n) is 2.64. The molecule has 0 spiro atoms. The molecule has 1 aromatic heterocycles. The molecule has 16 heavy (non-hydrogen) atoms. The van der Waals surface area contributed by atoms with Gasteiger partial charge in [0.25, 0.3) is 0 Å². The van der Waals surface area contributed by atoms with Crippen LogP contribution in [0.4, 0.5) is 0 Å². The molecule has 1 aromatic carbocycles. The first-order chi connectivity index (χ1) is 7.70. The van der Waals surface area contributed by atoms with E-state index in [2.05, 4.69) is 36.3 Å². The topological polar surface area (TPSA) is 38.0 Å². The predicted octanol–water partition coefficient (Wildman–Crippen LogP) is 2.16. The number of nitrogens with zero attached hydrogens (tertiary/aromatic N) is 2. The molecule has 0 radical (unpaired) electrons. The second-order valence-electron chi connectivity index (χ2n) is 3.98. The van der Waals surface area contributed by atoms with E-state index in [-0.39, 0.29) is 6.61 Å². The molecular weight excluding hydrogens is 200 g/mol. The summed E-state index contributed by atoms with van der Waals surface area (Å²) in [4.78, 5) is 0. The number of aryl methyl sites for hydroxylation is 2. The first kappa shape index (κ1) is 10.9. The fraction of sp³-hybridized carbons (Fsp3) is 0.308. The van der Waals surface area contributed by atoms with E-state index < -0.39 is 0 Å². The zero-order chi connectivity index (χ0) is 11.5. The molecule has 2 rings (SSSR count). The number of rotatable bonds is 3. The van der Waals surface area contributed by atoms with Crippen LogP contribution in [0.25, 0.3) is 11.3 Å². The molecule has 3 heteroatoms. The maximum absolute atomic E-state index is 8.90. The van der Waals surface area contributed by atoms with Crippen molar-refractivity contribution in [1.82, 2.24) is 9.78 Å². The van der Waals surface area contributed by atoms with Crippen molar-refractivity contribution in [3.05, 3.63) is 41.6 Å². The predicted molar refractivity (Wildman–Crippen MR) is 64.2 cm³/mol. The molecule has 1 N–H and O–H groups in total. The van der Waals surface area contributed by atoms with Gasteiger partial charge in [-0.15, -0.1) is 0 Å². The Morgan fingerprint density at radius 1 is 1.19 bits per heavy atom. The largest absolute Gasteiger partial charge is 0.394 e. The smallest absolute Gasteiger partial charge is 0.0925 e. The number of hydrogen-bond acceptors (Lipinski definition) is 2. The average molecular weight is 216 g/mol. The second kappa shape index (κ2) is 4.49. The van der Waals surface area contributed by atoms with Gasteiger partial charge in [0, 0.05) is 11.3 Å². The molecule has 2 aromatic rings. The van der Waals surface area contributed by atoms with Gasteiger partial charge in [-0.05, 0) is 19.9 Å². The molecule has 0 bridgehead atoms. The van der Waals surface area contributed by atoms with Crippen LogP contribution in [0.2, 0.25) is 0 Å². The Labute approximate surface area is 95.3 Å². The van der Waals surface area contributed by atoms with Crippen LogP contribution in [0.1, 0.15) is 11.3 Å². The Kier molecular flexibility index (Phi) is 3.06. The van der Waals surface area contributed by atoms with Crippen molar-refractivity contribution in [2.75, 3.05) is 6.61 Å². The van der Waals surface area contributed by atoms with Crippen molar-refractivity contribution in [2.45, 2.75) is 20.4 Å². The van der Waals surface area contributed by atoms with Crippen molar-refractivity contribution in [2.24, 2.45) is 0 Å². The van der Waals surface area contributed by atoms with Crippen LogP contribution in [0.3, 0.4) is 0 Å². The van der Waals surface area contributed by atoms with Crippen LogP contribution in [-0.4, -0.2) is 21.5 Å². The SMILES string of the molecule is Cc1ccc(-c2cc(C)n(CCO)n2)cc1. The summed E-state index contributed by atoms with van der Waals surface area (Å²) in [5, 5.41) is 13.4. The molecule has 0 unspecified atom stereocenters. The highest BCUT2D eigenvalue weighted by atomic mass is 16.3. The highest BCUT2D eigenvalue weighted by Gasteiger charge is 2.05. The Balaban J connectivity index is 2.33. The van der Waals surface area contributed by atoms with Gasteiger partial charge < -0.3 is 5.11 Å². The van der Waals surface area contributed by atoms with Crippen LogP contribution < -0.4 is 0 Å². The van der Waals surface area contributed by atoms with E-state index in [0.29, 0.717) is 6.54 Å². The highest BCUT2D eigenvalue weighted by molar-refractivity contribution is 5.59. The van der Waals surface area contributed by atoms with E-state index in [9.17, 15) is 0 Å². The van der Waals surface area contributed by atoms with E-state index in [1.807, 2.05) is 17.7 Å². The van der Waals surface area contributed by atoms with E-state index in [1.165, 1.54) is 5.56 Å². The quantitative estimate of drug-likeness (QED) is 0.853. The number of aliphatic hydroxyl groups excluding tert-OH is 1. The van der Waals surface area contributed by atoms with Crippen molar-refractivity contribution in [1.29, 1.82) is 0 Å². The van der Waals surface area contributed by atoms with E-state index in [4.69, 9.17) is 5.11 Å². The number of aromatic nitrogens is 2. The minimum atomic E-state index is 0.121. The number of benzene rings is 1. The minimum Gasteiger partial charge on any atom is -0.394 e. The lowest BCUT2D eigenvalue weighted by molar-refractivity contribution is 0.268. The summed E-state index contributed by atoms with van der Waals surface area (Å²) < 4.78 is 1.83. The van der Waals surface area contributed by atoms with Crippen LogP contribution in [0, 0.1) is 13.8 Å². The summed E-state index contributed by atoms with van der Waals surface area (Å²) in [6, 6.07) is 10.3. The van der Waals surface area contributed by atoms with E-state index in [1.54, 1.807) is 0 Å². The molecule has 0 saturated heterocycles. The fourth-order valence-corrected chi connectivity index (χ4v) is 1.70. The van der Waals surface area contributed by atoms with Crippen LogP contribution >= 0.6 is 0 Å². The Hall–Kier alpha value is -1.61. The van der Waals surface area contributed by atoms with Gasteiger partial charge in [0.2, 0.25) is 0 Å². The van der Waals surface area contributed by atoms with Gasteiger partial charge in [-0.2, -0.15) is 5.10 Å². The molecule has 0 atom stereocenters. The standard InChI is InChI=1S/C13H16N2O/c1-10-3-5-12(6-4-10)13-9-11(2)15(14-13)7-8-16/h3-6,9,16H,7-8H2,1-2H3. The summed E-state index contributed by atoms with van der Waals surface area (Å²) in [5.74, 6) is 0. The Bertz CT molecular complexity index is 471. The van der Waals surface area contributed by atoms with E-state index in [0.717, 1.165) is 17.0 Å². The number of aliphatic hydroxyl groups is 1. The zero-order valence-electron chi connectivity index (χ0n) is 9.64. The molecule has 0 fully saturated rings. The van der Waals surface area contributed by atoms with Gasteiger partial charge in [0.15, 0.2) is 0 Å². The molecule has 3 nitrogen and oxygen atoms in total. The third kappa shape index (κ3) is 2.14. The molecule has 0 aliphatic rings. The van der Waals surface area contributed by atoms with Gasteiger partial charge in [0.05, 0.1) is 18.8 Å². The molecule has 0 aliphatic carbocycles. The molecule has 0 amide bonds. The zero-order valence-corrected chi connectivity index (χ0v) is 9.64. The van der Waals surface area contributed by atoms with Crippen LogP contribution in [-0.2, 0) is 6.54 Å². The average Bonchev–Trinajstić information content (AvgIpc) is 2.62. The van der Waals surface area contributed by atoms with Crippen molar-refractivity contribution < 1.29 is 5.11 Å². The van der Waals surface area contributed by atoms with E-state index >= 15 is 0 Å². The molecular formula is C13H16N2O. The molecule has 0 aliphatic heterocycles. The maximum Gasteiger partial charge on any atom is 0.0925 e. The van der Waals surface area contributed by atoms with Gasteiger partial charge in [-0.25, -0.2) is 0 Å². The lowest BCUT2D eigenvalue weighted by Gasteiger charge is -2.00. The number of hydrogen-bond donors (Lipinski definition) is 1. The van der Waals surface area contributed by atoms with Crippen LogP contribution in [0.5, 0.6) is 0 Å². The third-order valence-corrected chi connectivity index (χ3v) is 2.64. The van der Waals surface area contributed by atoms with Crippen molar-refractivity contribution in [3.8, 4) is 11.3 Å². The van der Waals surface area contributed by atoms with Crippen molar-refractivity contribution >= 4 is 0 Å². The minimum absolute atomic E-state index is 0.121. The summed E-state index contributed by atoms with van der Waals surface area (Å²) >= 11 is 0. The van der Waals surface area contributed by atoms with Crippen LogP contribution in [0.15, 0.2) is 30.3 Å². The highest BCUT2D eigenvalue weighted by Crippen LogP contribution is 2.19. The van der Waals surface area contributed by atoms with Gasteiger partial charge in [0.1, 0.15) is 0 Å². The fourth-order valence-electron chi connectivity index (χ4n) is 1.70. The molecule has 84 valence electrons. The maximum atomic E-state index is 8.90. The first-order valence-electron chi connectivity index (χ1n) is 5.43. The van der Waals surface area contributed by atoms with Gasteiger partial charge in [-0.3, -0.25) is 4.68 Å². The monoisotopic (exact) mass is 216 g/mol. The Morgan fingerprint density at radius 2 is 1.88 bits per heavy atom. The van der Waals surface area contributed by atoms with Gasteiger partial charge in [-0.1, -0.05) is 29.8 Å². The summed E-state index contributed by atoms with van der Waals surface area (Å²) in [6.07, 6.45) is 0.